The number of fused-ring (bicyclic) bond motifs is 1. The lowest BCUT2D eigenvalue weighted by Gasteiger charge is -2.19. The van der Waals surface area contributed by atoms with Crippen LogP contribution in [-0.4, -0.2) is 38.4 Å². The molecule has 3 aromatic rings. The maximum absolute atomic E-state index is 9.14. The standard InChI is InChI=1S/C20H22N6/c1-14-3-2-7-25(14)8-6-18-13-26-12-15(4-5-19(26)24-18)17-9-16(10-21)20(22)23-11-17/h4-5,9,11-14H,2-3,6-8H2,1H3,(H2,22,23)/t14-/m1/s1. The zero-order chi connectivity index (χ0) is 18.1. The van der Waals surface area contributed by atoms with Gasteiger partial charge in [0.05, 0.1) is 11.3 Å². The van der Waals surface area contributed by atoms with Crippen molar-refractivity contribution in [2.45, 2.75) is 32.2 Å². The Kier molecular flexibility index (Phi) is 4.31. The van der Waals surface area contributed by atoms with Crippen LogP contribution >= 0.6 is 0 Å². The number of rotatable bonds is 4. The first-order valence-corrected chi connectivity index (χ1v) is 9.02. The lowest BCUT2D eigenvalue weighted by atomic mass is 10.1. The molecule has 0 unspecified atom stereocenters. The van der Waals surface area contributed by atoms with Gasteiger partial charge in [0.1, 0.15) is 17.5 Å². The number of nitrogens with two attached hydrogens (primary N) is 1. The normalized spacial score (nSPS) is 17.6. The number of aromatic nitrogens is 3. The zero-order valence-electron chi connectivity index (χ0n) is 14.9. The number of pyridine rings is 2. The van der Waals surface area contributed by atoms with Crippen molar-refractivity contribution in [3.05, 3.63) is 48.0 Å². The monoisotopic (exact) mass is 346 g/mol. The van der Waals surface area contributed by atoms with Gasteiger partial charge in [0.15, 0.2) is 0 Å². The minimum atomic E-state index is 0.262. The molecule has 26 heavy (non-hydrogen) atoms. The van der Waals surface area contributed by atoms with Crippen molar-refractivity contribution in [1.29, 1.82) is 5.26 Å². The van der Waals surface area contributed by atoms with Crippen LogP contribution in [-0.2, 0) is 6.42 Å². The van der Waals surface area contributed by atoms with Crippen LogP contribution in [0, 0.1) is 11.3 Å². The summed E-state index contributed by atoms with van der Waals surface area (Å²) in [7, 11) is 0. The summed E-state index contributed by atoms with van der Waals surface area (Å²) in [6, 6.07) is 8.55. The highest BCUT2D eigenvalue weighted by Crippen LogP contribution is 2.23. The summed E-state index contributed by atoms with van der Waals surface area (Å²) < 4.78 is 2.04. The Morgan fingerprint density at radius 1 is 1.31 bits per heavy atom. The molecule has 0 bridgehead atoms. The van der Waals surface area contributed by atoms with Crippen LogP contribution in [0.2, 0.25) is 0 Å². The quantitative estimate of drug-likeness (QED) is 0.785. The smallest absolute Gasteiger partial charge is 0.141 e. The molecule has 2 N–H and O–H groups in total. The molecule has 4 heterocycles. The SMILES string of the molecule is C[C@@H]1CCCN1CCc1cn2cc(-c3cnc(N)c(C#N)c3)ccc2n1. The van der Waals surface area contributed by atoms with Crippen LogP contribution in [0.25, 0.3) is 16.8 Å². The number of nitriles is 1. The molecule has 3 aromatic heterocycles. The lowest BCUT2D eigenvalue weighted by molar-refractivity contribution is 0.271. The second-order valence-electron chi connectivity index (χ2n) is 6.96. The third kappa shape index (κ3) is 3.14. The van der Waals surface area contributed by atoms with E-state index >= 15 is 0 Å². The number of anilines is 1. The first kappa shape index (κ1) is 16.6. The van der Waals surface area contributed by atoms with Gasteiger partial charge in [-0.3, -0.25) is 0 Å². The van der Waals surface area contributed by atoms with E-state index in [2.05, 4.69) is 29.1 Å². The molecular formula is C20H22N6. The van der Waals surface area contributed by atoms with Crippen LogP contribution < -0.4 is 5.73 Å². The second-order valence-corrected chi connectivity index (χ2v) is 6.96. The van der Waals surface area contributed by atoms with Crippen molar-refractivity contribution in [3.8, 4) is 17.2 Å². The zero-order valence-corrected chi connectivity index (χ0v) is 14.9. The Labute approximate surface area is 152 Å². The number of likely N-dealkylation sites (tertiary alicyclic amines) is 1. The summed E-state index contributed by atoms with van der Waals surface area (Å²) in [5.41, 5.74) is 10.0. The van der Waals surface area contributed by atoms with E-state index in [-0.39, 0.29) is 5.82 Å². The summed E-state index contributed by atoms with van der Waals surface area (Å²) in [6.45, 7) is 4.56. The Bertz CT molecular complexity index is 984. The molecule has 0 aliphatic carbocycles. The molecule has 6 heteroatoms. The highest BCUT2D eigenvalue weighted by Gasteiger charge is 2.19. The van der Waals surface area contributed by atoms with E-state index in [1.54, 1.807) is 12.3 Å². The van der Waals surface area contributed by atoms with Crippen molar-refractivity contribution in [2.24, 2.45) is 0 Å². The topological polar surface area (TPSA) is 83.2 Å². The van der Waals surface area contributed by atoms with E-state index in [1.807, 2.05) is 22.7 Å². The number of hydrogen-bond acceptors (Lipinski definition) is 5. The molecule has 1 saturated heterocycles. The predicted molar refractivity (Wildman–Crippen MR) is 102 cm³/mol. The first-order chi connectivity index (χ1) is 12.6. The van der Waals surface area contributed by atoms with Crippen molar-refractivity contribution < 1.29 is 0 Å². The highest BCUT2D eigenvalue weighted by molar-refractivity contribution is 5.68. The summed E-state index contributed by atoms with van der Waals surface area (Å²) in [5, 5.41) is 9.14. The fourth-order valence-electron chi connectivity index (χ4n) is 3.64. The number of nitrogens with zero attached hydrogens (tertiary/aromatic N) is 5. The van der Waals surface area contributed by atoms with Crippen LogP contribution in [0.15, 0.2) is 36.8 Å². The van der Waals surface area contributed by atoms with Gasteiger partial charge in [0.25, 0.3) is 0 Å². The van der Waals surface area contributed by atoms with E-state index < -0.39 is 0 Å². The first-order valence-electron chi connectivity index (χ1n) is 9.02. The van der Waals surface area contributed by atoms with E-state index in [1.165, 1.54) is 19.4 Å². The van der Waals surface area contributed by atoms with Gasteiger partial charge in [-0.15, -0.1) is 0 Å². The maximum Gasteiger partial charge on any atom is 0.141 e. The molecule has 0 spiro atoms. The second kappa shape index (κ2) is 6.77. The highest BCUT2D eigenvalue weighted by atomic mass is 15.2. The fourth-order valence-corrected chi connectivity index (χ4v) is 3.64. The largest absolute Gasteiger partial charge is 0.383 e. The third-order valence-corrected chi connectivity index (χ3v) is 5.22. The van der Waals surface area contributed by atoms with Gasteiger partial charge in [-0.25, -0.2) is 9.97 Å². The minimum Gasteiger partial charge on any atom is -0.383 e. The van der Waals surface area contributed by atoms with Crippen LogP contribution in [0.1, 0.15) is 31.0 Å². The predicted octanol–water partition coefficient (Wildman–Crippen LogP) is 2.88. The van der Waals surface area contributed by atoms with Crippen molar-refractivity contribution in [1.82, 2.24) is 19.3 Å². The van der Waals surface area contributed by atoms with Gasteiger partial charge in [-0.05, 0) is 44.5 Å². The summed E-state index contributed by atoms with van der Waals surface area (Å²) in [5.74, 6) is 0.262. The maximum atomic E-state index is 9.14. The van der Waals surface area contributed by atoms with E-state index in [0.29, 0.717) is 11.6 Å². The molecule has 1 aliphatic heterocycles. The fraction of sp³-hybridized carbons (Fsp3) is 0.350. The molecule has 0 aromatic carbocycles. The Balaban J connectivity index is 1.57. The summed E-state index contributed by atoms with van der Waals surface area (Å²) in [4.78, 5) is 11.4. The number of imidazole rings is 1. The molecule has 0 amide bonds. The number of nitrogen functional groups attached to an aromatic ring is 1. The number of hydrogen-bond donors (Lipinski definition) is 1. The molecule has 0 saturated carbocycles. The average Bonchev–Trinajstić information content (AvgIpc) is 3.25. The van der Waals surface area contributed by atoms with Gasteiger partial charge in [0.2, 0.25) is 0 Å². The van der Waals surface area contributed by atoms with Crippen LogP contribution in [0.4, 0.5) is 5.82 Å². The minimum absolute atomic E-state index is 0.262. The van der Waals surface area contributed by atoms with E-state index in [0.717, 1.165) is 35.4 Å². The molecule has 1 aliphatic rings. The third-order valence-electron chi connectivity index (χ3n) is 5.22. The molecule has 4 rings (SSSR count). The molecule has 0 radical (unpaired) electrons. The van der Waals surface area contributed by atoms with Crippen LogP contribution in [0.5, 0.6) is 0 Å². The van der Waals surface area contributed by atoms with Gasteiger partial charge in [0, 0.05) is 48.7 Å². The Morgan fingerprint density at radius 2 is 2.19 bits per heavy atom. The molecular weight excluding hydrogens is 324 g/mol. The van der Waals surface area contributed by atoms with Crippen molar-refractivity contribution >= 4 is 11.5 Å². The van der Waals surface area contributed by atoms with Gasteiger partial charge in [-0.1, -0.05) is 0 Å². The van der Waals surface area contributed by atoms with Gasteiger partial charge < -0.3 is 15.0 Å². The van der Waals surface area contributed by atoms with Gasteiger partial charge >= 0.3 is 0 Å². The van der Waals surface area contributed by atoms with Gasteiger partial charge in [-0.2, -0.15) is 5.26 Å². The van der Waals surface area contributed by atoms with E-state index in [4.69, 9.17) is 16.0 Å². The summed E-state index contributed by atoms with van der Waals surface area (Å²) >= 11 is 0. The average molecular weight is 346 g/mol. The molecule has 132 valence electrons. The van der Waals surface area contributed by atoms with Crippen molar-refractivity contribution in [2.75, 3.05) is 18.8 Å². The van der Waals surface area contributed by atoms with Crippen LogP contribution in [0.3, 0.4) is 0 Å². The molecule has 1 fully saturated rings. The Hall–Kier alpha value is -2.91. The summed E-state index contributed by atoms with van der Waals surface area (Å²) in [6.07, 6.45) is 9.38. The molecule has 1 atom stereocenters. The Morgan fingerprint density at radius 3 is 2.96 bits per heavy atom. The molecule has 6 nitrogen and oxygen atoms in total. The lowest BCUT2D eigenvalue weighted by Crippen LogP contribution is -2.29. The van der Waals surface area contributed by atoms with Crippen molar-refractivity contribution in [3.63, 3.8) is 0 Å². The van der Waals surface area contributed by atoms with E-state index in [9.17, 15) is 0 Å².